The lowest BCUT2D eigenvalue weighted by atomic mass is 9.81. The molecule has 2 amide bonds. The van der Waals surface area contributed by atoms with Crippen molar-refractivity contribution in [3.63, 3.8) is 0 Å². The van der Waals surface area contributed by atoms with Gasteiger partial charge in [0.05, 0.1) is 6.54 Å². The summed E-state index contributed by atoms with van der Waals surface area (Å²) in [5, 5.41) is 0.857. The predicted molar refractivity (Wildman–Crippen MR) is 82.2 cm³/mol. The minimum atomic E-state index is -0.202. The lowest BCUT2D eigenvalue weighted by Crippen LogP contribution is -2.63. The average molecular weight is 359 g/mol. The Bertz CT molecular complexity index is 423. The Morgan fingerprint density at radius 3 is 2.71 bits per heavy atom. The summed E-state index contributed by atoms with van der Waals surface area (Å²) in [7, 11) is 0. The molecule has 0 aromatic rings. The highest BCUT2D eigenvalue weighted by molar-refractivity contribution is 9.09. The summed E-state index contributed by atoms with van der Waals surface area (Å²) in [6.07, 6.45) is 4.80. The van der Waals surface area contributed by atoms with Gasteiger partial charge in [0, 0.05) is 37.0 Å². The normalized spacial score (nSPS) is 29.5. The molecule has 0 saturated carbocycles. The van der Waals surface area contributed by atoms with Gasteiger partial charge in [0.25, 0.3) is 0 Å². The van der Waals surface area contributed by atoms with E-state index in [4.69, 9.17) is 4.74 Å². The summed E-state index contributed by atoms with van der Waals surface area (Å²) < 4.78 is 5.45. The van der Waals surface area contributed by atoms with E-state index in [0.29, 0.717) is 6.54 Å². The minimum absolute atomic E-state index is 0.0605. The van der Waals surface area contributed by atoms with Crippen molar-refractivity contribution < 1.29 is 14.3 Å². The minimum Gasteiger partial charge on any atom is -0.381 e. The summed E-state index contributed by atoms with van der Waals surface area (Å²) in [4.78, 5) is 28.6. The molecule has 3 heterocycles. The third-order valence-corrected chi connectivity index (χ3v) is 6.30. The summed E-state index contributed by atoms with van der Waals surface area (Å²) in [5.74, 6) is 0.275. The topological polar surface area (TPSA) is 49.9 Å². The van der Waals surface area contributed by atoms with Gasteiger partial charge in [-0.2, -0.15) is 0 Å². The molecular weight excluding hydrogens is 336 g/mol. The van der Waals surface area contributed by atoms with Crippen LogP contribution in [-0.4, -0.2) is 65.8 Å². The van der Waals surface area contributed by atoms with Crippen LogP contribution in [0, 0.1) is 5.41 Å². The Balaban J connectivity index is 1.72. The molecular formula is C15H23BrN2O3. The van der Waals surface area contributed by atoms with Gasteiger partial charge in [-0.25, -0.2) is 0 Å². The predicted octanol–water partition coefficient (Wildman–Crippen LogP) is 1.40. The summed E-state index contributed by atoms with van der Waals surface area (Å²) in [6, 6.07) is -0.202. The number of rotatable bonds is 3. The zero-order valence-electron chi connectivity index (χ0n) is 12.4. The summed E-state index contributed by atoms with van der Waals surface area (Å²) in [5.41, 5.74) is 0.0605. The van der Waals surface area contributed by atoms with Gasteiger partial charge in [-0.15, -0.1) is 0 Å². The number of amides is 2. The van der Waals surface area contributed by atoms with Crippen molar-refractivity contribution in [3.8, 4) is 0 Å². The molecule has 21 heavy (non-hydrogen) atoms. The van der Waals surface area contributed by atoms with E-state index in [9.17, 15) is 9.59 Å². The lowest BCUT2D eigenvalue weighted by Gasteiger charge is -2.46. The van der Waals surface area contributed by atoms with Crippen molar-refractivity contribution in [2.45, 2.75) is 38.1 Å². The molecule has 0 bridgehead atoms. The number of fused-ring (bicyclic) bond motifs is 1. The first kappa shape index (κ1) is 15.3. The van der Waals surface area contributed by atoms with E-state index in [0.717, 1.165) is 57.2 Å². The fraction of sp³-hybridized carbons (Fsp3) is 0.867. The monoisotopic (exact) mass is 358 g/mol. The third-order valence-electron chi connectivity index (χ3n) is 5.11. The number of hydrogen-bond acceptors (Lipinski definition) is 3. The van der Waals surface area contributed by atoms with Crippen molar-refractivity contribution >= 4 is 27.7 Å². The molecule has 0 aromatic carbocycles. The van der Waals surface area contributed by atoms with E-state index in [1.54, 1.807) is 9.80 Å². The molecule has 0 radical (unpaired) electrons. The Kier molecular flexibility index (Phi) is 4.54. The maximum atomic E-state index is 12.7. The van der Waals surface area contributed by atoms with Gasteiger partial charge < -0.3 is 14.5 Å². The molecule has 6 heteroatoms. The molecule has 3 aliphatic heterocycles. The molecule has 0 spiro atoms. The quantitative estimate of drug-likeness (QED) is 0.716. The fourth-order valence-electron chi connectivity index (χ4n) is 3.71. The Hall–Kier alpha value is -0.620. The number of ether oxygens (including phenoxy) is 1. The molecule has 1 unspecified atom stereocenters. The third kappa shape index (κ3) is 2.97. The summed E-state index contributed by atoms with van der Waals surface area (Å²) >= 11 is 3.61. The second-order valence-corrected chi connectivity index (χ2v) is 7.10. The number of piperazine rings is 1. The highest BCUT2D eigenvalue weighted by Crippen LogP contribution is 2.35. The van der Waals surface area contributed by atoms with Gasteiger partial charge in [0.1, 0.15) is 6.04 Å². The van der Waals surface area contributed by atoms with Crippen LogP contribution in [0.4, 0.5) is 0 Å². The standard InChI is InChI=1S/C15H23BrN2O3/c16-10-15(4-7-21-8-5-15)11-17-9-13(19)18-6-2-1-3-12(18)14(17)20/h12H,1-11H2. The zero-order valence-corrected chi connectivity index (χ0v) is 13.9. The van der Waals surface area contributed by atoms with Gasteiger partial charge >= 0.3 is 0 Å². The van der Waals surface area contributed by atoms with Gasteiger partial charge in [-0.3, -0.25) is 9.59 Å². The maximum Gasteiger partial charge on any atom is 0.245 e. The fourth-order valence-corrected chi connectivity index (χ4v) is 4.44. The van der Waals surface area contributed by atoms with Crippen LogP contribution in [0.5, 0.6) is 0 Å². The highest BCUT2D eigenvalue weighted by Gasteiger charge is 2.43. The highest BCUT2D eigenvalue weighted by atomic mass is 79.9. The maximum absolute atomic E-state index is 12.7. The van der Waals surface area contributed by atoms with Crippen LogP contribution in [0.3, 0.4) is 0 Å². The molecule has 1 atom stereocenters. The van der Waals surface area contributed by atoms with Crippen molar-refractivity contribution in [2.75, 3.05) is 38.2 Å². The van der Waals surface area contributed by atoms with Crippen molar-refractivity contribution in [3.05, 3.63) is 0 Å². The summed E-state index contributed by atoms with van der Waals surface area (Å²) in [6.45, 7) is 3.18. The number of carbonyl (C=O) groups excluding carboxylic acids is 2. The number of nitrogens with zero attached hydrogens (tertiary/aromatic N) is 2. The van der Waals surface area contributed by atoms with E-state index in [1.807, 2.05) is 0 Å². The van der Waals surface area contributed by atoms with Gasteiger partial charge in [0.15, 0.2) is 0 Å². The van der Waals surface area contributed by atoms with E-state index in [2.05, 4.69) is 15.9 Å². The molecule has 3 saturated heterocycles. The number of carbonyl (C=O) groups is 2. The van der Waals surface area contributed by atoms with Crippen molar-refractivity contribution in [1.82, 2.24) is 9.80 Å². The van der Waals surface area contributed by atoms with Crippen LogP contribution in [-0.2, 0) is 14.3 Å². The number of halogens is 1. The zero-order chi connectivity index (χ0) is 14.9. The molecule has 3 aliphatic rings. The molecule has 3 rings (SSSR count). The first-order valence-electron chi connectivity index (χ1n) is 7.87. The van der Waals surface area contributed by atoms with E-state index < -0.39 is 0 Å². The largest absolute Gasteiger partial charge is 0.381 e. The molecule has 5 nitrogen and oxygen atoms in total. The second-order valence-electron chi connectivity index (χ2n) is 6.54. The molecule has 0 aliphatic carbocycles. The van der Waals surface area contributed by atoms with E-state index in [-0.39, 0.29) is 29.8 Å². The molecule has 0 aromatic heterocycles. The van der Waals surface area contributed by atoms with E-state index in [1.165, 1.54) is 0 Å². The SMILES string of the molecule is O=C1C2CCCCN2C(=O)CN1CC1(CBr)CCOCC1. The van der Waals surface area contributed by atoms with Gasteiger partial charge in [-0.05, 0) is 32.1 Å². The second kappa shape index (κ2) is 6.24. The molecule has 0 N–H and O–H groups in total. The van der Waals surface area contributed by atoms with Gasteiger partial charge in [0.2, 0.25) is 11.8 Å². The van der Waals surface area contributed by atoms with Crippen LogP contribution in [0.25, 0.3) is 0 Å². The lowest BCUT2D eigenvalue weighted by molar-refractivity contribution is -0.159. The first-order valence-corrected chi connectivity index (χ1v) is 8.99. The number of hydrogen-bond donors (Lipinski definition) is 0. The van der Waals surface area contributed by atoms with Crippen LogP contribution in [0.15, 0.2) is 0 Å². The molecule has 118 valence electrons. The smallest absolute Gasteiger partial charge is 0.245 e. The van der Waals surface area contributed by atoms with Crippen LogP contribution < -0.4 is 0 Å². The van der Waals surface area contributed by atoms with Crippen molar-refractivity contribution in [2.24, 2.45) is 5.41 Å². The Morgan fingerprint density at radius 2 is 2.00 bits per heavy atom. The van der Waals surface area contributed by atoms with Crippen molar-refractivity contribution in [1.29, 1.82) is 0 Å². The van der Waals surface area contributed by atoms with Crippen LogP contribution in [0.2, 0.25) is 0 Å². The van der Waals surface area contributed by atoms with Crippen LogP contribution in [0.1, 0.15) is 32.1 Å². The Morgan fingerprint density at radius 1 is 1.24 bits per heavy atom. The first-order chi connectivity index (χ1) is 10.2. The number of alkyl halides is 1. The van der Waals surface area contributed by atoms with Crippen LogP contribution >= 0.6 is 15.9 Å². The van der Waals surface area contributed by atoms with Gasteiger partial charge in [-0.1, -0.05) is 15.9 Å². The average Bonchev–Trinajstić information content (AvgIpc) is 2.53. The number of piperidine rings is 1. The Labute approximate surface area is 134 Å². The molecule has 3 fully saturated rings. The van der Waals surface area contributed by atoms with E-state index >= 15 is 0 Å².